The van der Waals surface area contributed by atoms with E-state index in [0.717, 1.165) is 0 Å². The lowest BCUT2D eigenvalue weighted by Gasteiger charge is -2.12. The van der Waals surface area contributed by atoms with Gasteiger partial charge in [0.15, 0.2) is 5.11 Å². The van der Waals surface area contributed by atoms with Crippen LogP contribution in [-0.2, 0) is 9.59 Å². The Kier molecular flexibility index (Phi) is 8.00. The van der Waals surface area contributed by atoms with Crippen molar-refractivity contribution in [2.45, 2.75) is 34.1 Å². The standard InChI is InChI=1S/C17H24N4O3S/c1-10(2)9-14(22)18-13-7-5-12(6-8-13)16(24)20-21-17(25)19-15(23)11(3)4/h5-8,10-11H,9H2,1-4H3,(H,18,22)(H,20,24)(H2,19,21,23,25). The zero-order chi connectivity index (χ0) is 19.0. The van der Waals surface area contributed by atoms with Crippen molar-refractivity contribution >= 4 is 40.7 Å². The van der Waals surface area contributed by atoms with Gasteiger partial charge in [0.2, 0.25) is 11.8 Å². The molecule has 0 aliphatic heterocycles. The fourth-order valence-electron chi connectivity index (χ4n) is 1.76. The van der Waals surface area contributed by atoms with E-state index < -0.39 is 5.91 Å². The number of amides is 3. The summed E-state index contributed by atoms with van der Waals surface area (Å²) in [4.78, 5) is 35.2. The molecule has 0 spiro atoms. The molecule has 136 valence electrons. The molecule has 0 unspecified atom stereocenters. The van der Waals surface area contributed by atoms with E-state index in [9.17, 15) is 14.4 Å². The average Bonchev–Trinajstić information content (AvgIpc) is 2.52. The van der Waals surface area contributed by atoms with E-state index in [1.807, 2.05) is 13.8 Å². The van der Waals surface area contributed by atoms with Gasteiger partial charge in [-0.15, -0.1) is 0 Å². The summed E-state index contributed by atoms with van der Waals surface area (Å²) in [6.45, 7) is 7.40. The summed E-state index contributed by atoms with van der Waals surface area (Å²) in [5, 5.41) is 5.24. The number of thiocarbonyl (C=S) groups is 1. The Morgan fingerprint density at radius 3 is 2.12 bits per heavy atom. The number of nitrogens with one attached hydrogen (secondary N) is 4. The molecule has 1 aromatic carbocycles. The van der Waals surface area contributed by atoms with Gasteiger partial charge in [-0.05, 0) is 42.4 Å². The van der Waals surface area contributed by atoms with E-state index in [0.29, 0.717) is 17.7 Å². The Balaban J connectivity index is 2.50. The Morgan fingerprint density at radius 2 is 1.60 bits per heavy atom. The molecule has 0 aliphatic carbocycles. The predicted octanol–water partition coefficient (Wildman–Crippen LogP) is 1.96. The molecule has 0 heterocycles. The third-order valence-electron chi connectivity index (χ3n) is 3.08. The minimum atomic E-state index is -0.416. The maximum absolute atomic E-state index is 12.0. The molecule has 25 heavy (non-hydrogen) atoms. The molecule has 4 N–H and O–H groups in total. The van der Waals surface area contributed by atoms with Crippen molar-refractivity contribution in [1.29, 1.82) is 0 Å². The quantitative estimate of drug-likeness (QED) is 0.473. The number of hydrogen-bond acceptors (Lipinski definition) is 4. The molecule has 7 nitrogen and oxygen atoms in total. The molecule has 3 amide bonds. The van der Waals surface area contributed by atoms with Crippen molar-refractivity contribution in [3.63, 3.8) is 0 Å². The molecule has 0 aromatic heterocycles. The molecular weight excluding hydrogens is 340 g/mol. The lowest BCUT2D eigenvalue weighted by molar-refractivity contribution is -0.122. The maximum Gasteiger partial charge on any atom is 0.269 e. The third-order valence-corrected chi connectivity index (χ3v) is 3.28. The average molecular weight is 364 g/mol. The van der Waals surface area contributed by atoms with E-state index >= 15 is 0 Å². The van der Waals surface area contributed by atoms with Crippen LogP contribution in [0, 0.1) is 11.8 Å². The summed E-state index contributed by atoms with van der Waals surface area (Å²) < 4.78 is 0. The molecular formula is C17H24N4O3S. The number of carbonyl (C=O) groups is 3. The number of benzene rings is 1. The molecule has 1 aromatic rings. The van der Waals surface area contributed by atoms with Crippen LogP contribution in [-0.4, -0.2) is 22.8 Å². The monoisotopic (exact) mass is 364 g/mol. The summed E-state index contributed by atoms with van der Waals surface area (Å²) in [7, 11) is 0. The van der Waals surface area contributed by atoms with Gasteiger partial charge in [0.05, 0.1) is 0 Å². The van der Waals surface area contributed by atoms with Crippen LogP contribution in [0.3, 0.4) is 0 Å². The van der Waals surface area contributed by atoms with Gasteiger partial charge in [0.1, 0.15) is 0 Å². The second kappa shape index (κ2) is 9.73. The first kappa shape index (κ1) is 20.6. The number of rotatable bonds is 5. The van der Waals surface area contributed by atoms with Gasteiger partial charge in [0.25, 0.3) is 5.91 Å². The van der Waals surface area contributed by atoms with Crippen LogP contribution >= 0.6 is 12.2 Å². The molecule has 0 aliphatic rings. The summed E-state index contributed by atoms with van der Waals surface area (Å²) in [5.41, 5.74) is 5.86. The van der Waals surface area contributed by atoms with Gasteiger partial charge in [-0.3, -0.25) is 25.2 Å². The predicted molar refractivity (Wildman–Crippen MR) is 101 cm³/mol. The normalized spacial score (nSPS) is 10.3. The first-order valence-corrected chi connectivity index (χ1v) is 8.41. The van der Waals surface area contributed by atoms with E-state index in [1.54, 1.807) is 38.1 Å². The van der Waals surface area contributed by atoms with Gasteiger partial charge in [-0.25, -0.2) is 0 Å². The summed E-state index contributed by atoms with van der Waals surface area (Å²) >= 11 is 4.92. The maximum atomic E-state index is 12.0. The largest absolute Gasteiger partial charge is 0.326 e. The molecule has 0 bridgehead atoms. The van der Waals surface area contributed by atoms with E-state index in [1.165, 1.54) is 0 Å². The SMILES string of the molecule is CC(C)CC(=O)Nc1ccc(C(=O)NNC(=S)NC(=O)C(C)C)cc1. The van der Waals surface area contributed by atoms with Crippen LogP contribution in [0.5, 0.6) is 0 Å². The fourth-order valence-corrected chi connectivity index (χ4v) is 1.91. The van der Waals surface area contributed by atoms with Crippen molar-refractivity contribution in [3.8, 4) is 0 Å². The second-order valence-electron chi connectivity index (χ2n) is 6.28. The number of carbonyl (C=O) groups excluding carboxylic acids is 3. The Morgan fingerprint density at radius 1 is 1.00 bits per heavy atom. The highest BCUT2D eigenvalue weighted by Gasteiger charge is 2.11. The first-order valence-electron chi connectivity index (χ1n) is 8.00. The van der Waals surface area contributed by atoms with Crippen LogP contribution in [0.1, 0.15) is 44.5 Å². The molecule has 0 radical (unpaired) electrons. The lowest BCUT2D eigenvalue weighted by Crippen LogP contribution is -2.49. The van der Waals surface area contributed by atoms with Crippen molar-refractivity contribution in [3.05, 3.63) is 29.8 Å². The fraction of sp³-hybridized carbons (Fsp3) is 0.412. The zero-order valence-electron chi connectivity index (χ0n) is 14.8. The third kappa shape index (κ3) is 7.75. The highest BCUT2D eigenvalue weighted by atomic mass is 32.1. The van der Waals surface area contributed by atoms with Crippen molar-refractivity contribution in [1.82, 2.24) is 16.2 Å². The van der Waals surface area contributed by atoms with E-state index in [4.69, 9.17) is 12.2 Å². The van der Waals surface area contributed by atoms with Crippen LogP contribution in [0.2, 0.25) is 0 Å². The van der Waals surface area contributed by atoms with Crippen LogP contribution in [0.25, 0.3) is 0 Å². The minimum Gasteiger partial charge on any atom is -0.326 e. The highest BCUT2D eigenvalue weighted by molar-refractivity contribution is 7.80. The Labute approximate surface area is 152 Å². The van der Waals surface area contributed by atoms with Crippen molar-refractivity contribution in [2.75, 3.05) is 5.32 Å². The van der Waals surface area contributed by atoms with Gasteiger partial charge >= 0.3 is 0 Å². The second-order valence-corrected chi connectivity index (χ2v) is 6.68. The molecule has 8 heteroatoms. The van der Waals surface area contributed by atoms with Gasteiger partial charge in [-0.1, -0.05) is 27.7 Å². The topological polar surface area (TPSA) is 99.3 Å². The van der Waals surface area contributed by atoms with Crippen LogP contribution in [0.15, 0.2) is 24.3 Å². The minimum absolute atomic E-state index is 0.0182. The molecule has 0 atom stereocenters. The summed E-state index contributed by atoms with van der Waals surface area (Å²) in [6, 6.07) is 6.45. The van der Waals surface area contributed by atoms with Crippen molar-refractivity contribution in [2.24, 2.45) is 11.8 Å². The van der Waals surface area contributed by atoms with Crippen LogP contribution < -0.4 is 21.5 Å². The highest BCUT2D eigenvalue weighted by Crippen LogP contribution is 2.11. The molecule has 0 fully saturated rings. The molecule has 0 saturated carbocycles. The number of anilines is 1. The zero-order valence-corrected chi connectivity index (χ0v) is 15.6. The van der Waals surface area contributed by atoms with Gasteiger partial charge in [-0.2, -0.15) is 0 Å². The number of hydrogen-bond donors (Lipinski definition) is 4. The van der Waals surface area contributed by atoms with Crippen LogP contribution in [0.4, 0.5) is 5.69 Å². The lowest BCUT2D eigenvalue weighted by atomic mass is 10.1. The molecule has 0 saturated heterocycles. The number of hydrazine groups is 1. The Bertz CT molecular complexity index is 642. The summed E-state index contributed by atoms with van der Waals surface area (Å²) in [5.74, 6) is -0.667. The van der Waals surface area contributed by atoms with Crippen molar-refractivity contribution < 1.29 is 14.4 Å². The van der Waals surface area contributed by atoms with E-state index in [-0.39, 0.29) is 28.8 Å². The van der Waals surface area contributed by atoms with Gasteiger partial charge in [0, 0.05) is 23.6 Å². The smallest absolute Gasteiger partial charge is 0.269 e. The Hall–Kier alpha value is -2.48. The summed E-state index contributed by atoms with van der Waals surface area (Å²) in [6.07, 6.45) is 0.436. The molecule has 1 rings (SSSR count). The van der Waals surface area contributed by atoms with E-state index in [2.05, 4.69) is 21.5 Å². The van der Waals surface area contributed by atoms with Gasteiger partial charge < -0.3 is 10.6 Å². The first-order chi connectivity index (χ1) is 11.7.